The Balaban J connectivity index is 1.83. The van der Waals surface area contributed by atoms with E-state index in [2.05, 4.69) is 20.6 Å². The molecule has 0 fully saturated rings. The zero-order valence-electron chi connectivity index (χ0n) is 16.0. The van der Waals surface area contributed by atoms with Gasteiger partial charge in [0.2, 0.25) is 0 Å². The molecular weight excluding hydrogens is 371 g/mol. The summed E-state index contributed by atoms with van der Waals surface area (Å²) >= 11 is 0. The van der Waals surface area contributed by atoms with Crippen molar-refractivity contribution in [2.75, 3.05) is 32.6 Å². The Bertz CT molecular complexity index is 776. The van der Waals surface area contributed by atoms with E-state index in [-0.39, 0.29) is 5.75 Å². The van der Waals surface area contributed by atoms with Gasteiger partial charge in [-0.3, -0.25) is 4.99 Å². The molecule has 0 amide bonds. The highest BCUT2D eigenvalue weighted by Gasteiger charge is 2.28. The number of alkyl halides is 3. The van der Waals surface area contributed by atoms with Crippen molar-refractivity contribution in [2.24, 2.45) is 4.99 Å². The second kappa shape index (κ2) is 9.82. The first-order chi connectivity index (χ1) is 13.3. The van der Waals surface area contributed by atoms with E-state index in [4.69, 9.17) is 4.74 Å². The predicted octanol–water partition coefficient (Wildman–Crippen LogP) is 2.95. The van der Waals surface area contributed by atoms with Gasteiger partial charge in [0, 0.05) is 27.7 Å². The maximum Gasteiger partial charge on any atom is 0.422 e. The first-order valence-electron chi connectivity index (χ1n) is 8.63. The molecule has 0 saturated carbocycles. The second-order valence-corrected chi connectivity index (χ2v) is 6.21. The van der Waals surface area contributed by atoms with Gasteiger partial charge in [-0.1, -0.05) is 18.2 Å². The lowest BCUT2D eigenvalue weighted by molar-refractivity contribution is -0.153. The summed E-state index contributed by atoms with van der Waals surface area (Å²) in [6, 6.07) is 12.2. The van der Waals surface area contributed by atoms with Crippen LogP contribution < -0.4 is 20.3 Å². The summed E-state index contributed by atoms with van der Waals surface area (Å²) in [5.41, 5.74) is 1.76. The largest absolute Gasteiger partial charge is 0.484 e. The highest BCUT2D eigenvalue weighted by Crippen LogP contribution is 2.18. The van der Waals surface area contributed by atoms with Crippen LogP contribution in [-0.2, 0) is 13.1 Å². The maximum absolute atomic E-state index is 12.2. The molecule has 0 unspecified atom stereocenters. The SMILES string of the molecule is CN=C(NCc1ccc(OCC(F)(F)F)cc1)NCc1cccc(N(C)C)n1. The van der Waals surface area contributed by atoms with E-state index in [0.717, 1.165) is 17.1 Å². The Morgan fingerprint density at radius 3 is 2.36 bits per heavy atom. The Morgan fingerprint density at radius 2 is 1.75 bits per heavy atom. The Kier molecular flexibility index (Phi) is 7.48. The number of halogens is 3. The molecule has 1 aromatic carbocycles. The number of aromatic nitrogens is 1. The van der Waals surface area contributed by atoms with Crippen LogP contribution in [0.4, 0.5) is 19.0 Å². The van der Waals surface area contributed by atoms with Crippen molar-refractivity contribution in [2.45, 2.75) is 19.3 Å². The number of ether oxygens (including phenoxy) is 1. The summed E-state index contributed by atoms with van der Waals surface area (Å²) in [5.74, 6) is 1.64. The van der Waals surface area contributed by atoms with Crippen molar-refractivity contribution in [3.63, 3.8) is 0 Å². The van der Waals surface area contributed by atoms with Crippen LogP contribution in [0, 0.1) is 0 Å². The van der Waals surface area contributed by atoms with Crippen molar-refractivity contribution < 1.29 is 17.9 Å². The third-order valence-corrected chi connectivity index (χ3v) is 3.70. The molecule has 2 N–H and O–H groups in total. The molecule has 0 atom stereocenters. The number of guanidine groups is 1. The molecule has 1 aromatic heterocycles. The number of hydrogen-bond acceptors (Lipinski definition) is 4. The molecule has 0 aliphatic heterocycles. The first kappa shape index (κ1) is 21.3. The molecule has 1 heterocycles. The summed E-state index contributed by atoms with van der Waals surface area (Å²) in [5, 5.41) is 6.33. The van der Waals surface area contributed by atoms with Crippen molar-refractivity contribution in [1.29, 1.82) is 0 Å². The van der Waals surface area contributed by atoms with Crippen LogP contribution in [0.25, 0.3) is 0 Å². The molecule has 2 aromatic rings. The fraction of sp³-hybridized carbons (Fsp3) is 0.368. The van der Waals surface area contributed by atoms with Gasteiger partial charge in [0.25, 0.3) is 0 Å². The zero-order valence-corrected chi connectivity index (χ0v) is 16.0. The molecular formula is C19H24F3N5O. The topological polar surface area (TPSA) is 61.8 Å². The molecule has 0 bridgehead atoms. The van der Waals surface area contributed by atoms with E-state index in [1.54, 1.807) is 19.2 Å². The van der Waals surface area contributed by atoms with E-state index in [1.165, 1.54) is 12.1 Å². The molecule has 0 radical (unpaired) electrons. The van der Waals surface area contributed by atoms with Crippen LogP contribution in [0.5, 0.6) is 5.75 Å². The van der Waals surface area contributed by atoms with E-state index >= 15 is 0 Å². The minimum atomic E-state index is -4.35. The van der Waals surface area contributed by atoms with E-state index in [9.17, 15) is 13.2 Å². The normalized spacial score (nSPS) is 11.9. The maximum atomic E-state index is 12.2. The summed E-state index contributed by atoms with van der Waals surface area (Å²) in [6.07, 6.45) is -4.35. The van der Waals surface area contributed by atoms with Gasteiger partial charge in [0.05, 0.1) is 12.2 Å². The smallest absolute Gasteiger partial charge is 0.422 e. The molecule has 152 valence electrons. The number of aliphatic imine (C=N–C) groups is 1. The zero-order chi connectivity index (χ0) is 20.6. The van der Waals surface area contributed by atoms with Gasteiger partial charge in [0.15, 0.2) is 12.6 Å². The number of anilines is 1. The fourth-order valence-corrected chi connectivity index (χ4v) is 2.26. The molecule has 6 nitrogen and oxygen atoms in total. The average molecular weight is 395 g/mol. The van der Waals surface area contributed by atoms with Crippen LogP contribution >= 0.6 is 0 Å². The van der Waals surface area contributed by atoms with E-state index in [0.29, 0.717) is 19.0 Å². The molecule has 28 heavy (non-hydrogen) atoms. The van der Waals surface area contributed by atoms with Crippen LogP contribution in [0.15, 0.2) is 47.5 Å². The number of nitrogens with zero attached hydrogens (tertiary/aromatic N) is 3. The van der Waals surface area contributed by atoms with Crippen molar-refractivity contribution in [1.82, 2.24) is 15.6 Å². The number of benzene rings is 1. The number of rotatable bonds is 7. The van der Waals surface area contributed by atoms with Crippen molar-refractivity contribution in [3.8, 4) is 5.75 Å². The van der Waals surface area contributed by atoms with Gasteiger partial charge < -0.3 is 20.3 Å². The second-order valence-electron chi connectivity index (χ2n) is 6.21. The van der Waals surface area contributed by atoms with Crippen LogP contribution in [-0.4, -0.2) is 44.9 Å². The van der Waals surface area contributed by atoms with Gasteiger partial charge in [-0.15, -0.1) is 0 Å². The van der Waals surface area contributed by atoms with Crippen LogP contribution in [0.1, 0.15) is 11.3 Å². The highest BCUT2D eigenvalue weighted by molar-refractivity contribution is 5.79. The monoisotopic (exact) mass is 395 g/mol. The van der Waals surface area contributed by atoms with Crippen LogP contribution in [0.3, 0.4) is 0 Å². The molecule has 0 aliphatic carbocycles. The Hall–Kier alpha value is -2.97. The molecule has 0 saturated heterocycles. The lowest BCUT2D eigenvalue weighted by Crippen LogP contribution is -2.36. The van der Waals surface area contributed by atoms with E-state index in [1.807, 2.05) is 37.2 Å². The van der Waals surface area contributed by atoms with Crippen LogP contribution in [0.2, 0.25) is 0 Å². The summed E-state index contributed by atoms with van der Waals surface area (Å²) in [4.78, 5) is 10.6. The van der Waals surface area contributed by atoms with Gasteiger partial charge in [-0.05, 0) is 29.8 Å². The lowest BCUT2D eigenvalue weighted by Gasteiger charge is -2.14. The standard InChI is InChI=1S/C19H24F3N5O/c1-23-18(25-12-15-5-4-6-17(26-15)27(2)3)24-11-14-7-9-16(10-8-14)28-13-19(20,21)22/h4-10H,11-13H2,1-3H3,(H2,23,24,25). The summed E-state index contributed by atoms with van der Waals surface area (Å²) in [6.45, 7) is -0.333. The number of nitrogens with one attached hydrogen (secondary N) is 2. The molecule has 2 rings (SSSR count). The first-order valence-corrected chi connectivity index (χ1v) is 8.63. The van der Waals surface area contributed by atoms with Gasteiger partial charge >= 0.3 is 6.18 Å². The van der Waals surface area contributed by atoms with Crippen molar-refractivity contribution in [3.05, 3.63) is 53.7 Å². The third-order valence-electron chi connectivity index (χ3n) is 3.70. The molecule has 9 heteroatoms. The van der Waals surface area contributed by atoms with Gasteiger partial charge in [-0.25, -0.2) is 4.98 Å². The van der Waals surface area contributed by atoms with Gasteiger partial charge in [0.1, 0.15) is 11.6 Å². The molecule has 0 aliphatic rings. The lowest BCUT2D eigenvalue weighted by atomic mass is 10.2. The fourth-order valence-electron chi connectivity index (χ4n) is 2.26. The van der Waals surface area contributed by atoms with Gasteiger partial charge in [-0.2, -0.15) is 13.2 Å². The van der Waals surface area contributed by atoms with E-state index < -0.39 is 12.8 Å². The van der Waals surface area contributed by atoms with Crippen molar-refractivity contribution >= 4 is 11.8 Å². The summed E-state index contributed by atoms with van der Waals surface area (Å²) < 4.78 is 41.2. The number of hydrogen-bond donors (Lipinski definition) is 2. The quantitative estimate of drug-likeness (QED) is 0.558. The number of pyridine rings is 1. The average Bonchev–Trinajstić information content (AvgIpc) is 2.67. The predicted molar refractivity (Wildman–Crippen MR) is 104 cm³/mol. The Morgan fingerprint density at radius 1 is 1.07 bits per heavy atom. The summed E-state index contributed by atoms with van der Waals surface area (Å²) in [7, 11) is 5.52. The minimum absolute atomic E-state index is 0.176. The minimum Gasteiger partial charge on any atom is -0.484 e. The highest BCUT2D eigenvalue weighted by atomic mass is 19.4. The Labute approximate surface area is 162 Å². The third kappa shape index (κ3) is 7.34. The molecule has 0 spiro atoms.